The van der Waals surface area contributed by atoms with Gasteiger partial charge in [0.05, 0.1) is 13.1 Å². The third-order valence-corrected chi connectivity index (χ3v) is 8.12. The van der Waals surface area contributed by atoms with Gasteiger partial charge in [-0.2, -0.15) is 15.0 Å². The summed E-state index contributed by atoms with van der Waals surface area (Å²) >= 11 is 0. The van der Waals surface area contributed by atoms with Crippen molar-refractivity contribution >= 4 is 34.7 Å². The Morgan fingerprint density at radius 2 is 1.49 bits per heavy atom. The number of benzene rings is 1. The number of fused-ring (bicyclic) bond motifs is 1. The molecular formula is C35H59N11O3. The van der Waals surface area contributed by atoms with Gasteiger partial charge in [-0.1, -0.05) is 25.5 Å². The fourth-order valence-electron chi connectivity index (χ4n) is 5.26. The fourth-order valence-corrected chi connectivity index (χ4v) is 5.26. The second-order valence-electron chi connectivity index (χ2n) is 13.8. The van der Waals surface area contributed by atoms with Crippen LogP contribution in [0.15, 0.2) is 24.3 Å². The van der Waals surface area contributed by atoms with E-state index in [9.17, 15) is 14.7 Å². The van der Waals surface area contributed by atoms with Crippen LogP contribution in [0.25, 0.3) is 11.2 Å². The van der Waals surface area contributed by atoms with Gasteiger partial charge in [0.1, 0.15) is 0 Å². The lowest BCUT2D eigenvalue weighted by Gasteiger charge is -2.22. The first-order chi connectivity index (χ1) is 23.4. The number of aromatic nitrogens is 4. The molecular weight excluding hydrogens is 622 g/mol. The molecule has 14 nitrogen and oxygen atoms in total. The van der Waals surface area contributed by atoms with E-state index >= 15 is 0 Å². The van der Waals surface area contributed by atoms with Crippen LogP contribution in [-0.4, -0.2) is 118 Å². The molecule has 0 atom stereocenters. The normalized spacial score (nSPS) is 11.8. The Morgan fingerprint density at radius 3 is 2.12 bits per heavy atom. The molecule has 1 aromatic carbocycles. The van der Waals surface area contributed by atoms with Crippen molar-refractivity contribution in [2.75, 3.05) is 77.5 Å². The number of hydrogen-bond donors (Lipinski definition) is 6. The number of anilines is 2. The van der Waals surface area contributed by atoms with Crippen molar-refractivity contribution in [1.82, 2.24) is 45.3 Å². The number of carbonyl (C=O) groups is 2. The Bertz CT molecular complexity index is 1450. The number of aromatic hydroxyl groups is 1. The lowest BCUT2D eigenvalue weighted by Crippen LogP contribution is -2.38. The molecule has 0 aliphatic heterocycles. The topological polar surface area (TPSA) is 179 Å². The summed E-state index contributed by atoms with van der Waals surface area (Å²) in [5.74, 6) is -0.000581. The molecule has 0 radical (unpaired) electrons. The third-order valence-electron chi connectivity index (χ3n) is 8.12. The molecule has 3 rings (SSSR count). The van der Waals surface area contributed by atoms with Gasteiger partial charge < -0.3 is 41.9 Å². The van der Waals surface area contributed by atoms with E-state index in [4.69, 9.17) is 5.73 Å². The van der Waals surface area contributed by atoms with Gasteiger partial charge in [0.15, 0.2) is 17.0 Å². The lowest BCUT2D eigenvalue weighted by atomic mass is 10.1. The molecule has 0 aliphatic rings. The van der Waals surface area contributed by atoms with Crippen molar-refractivity contribution in [3.63, 3.8) is 0 Å². The second-order valence-corrected chi connectivity index (χ2v) is 13.8. The molecule has 2 amide bonds. The molecule has 3 aromatic rings. The number of hydrogen-bond acceptors (Lipinski definition) is 11. The van der Waals surface area contributed by atoms with Gasteiger partial charge in [-0.05, 0) is 117 Å². The number of carbonyl (C=O) groups excluding carboxylic acids is 2. The highest BCUT2D eigenvalue weighted by Crippen LogP contribution is 2.25. The summed E-state index contributed by atoms with van der Waals surface area (Å²) in [7, 11) is 4.30. The van der Waals surface area contributed by atoms with Crippen LogP contribution in [0.3, 0.4) is 0 Å². The van der Waals surface area contributed by atoms with E-state index in [0.717, 1.165) is 70.4 Å². The second kappa shape index (κ2) is 19.9. The van der Waals surface area contributed by atoms with Gasteiger partial charge in [0.2, 0.25) is 11.9 Å². The van der Waals surface area contributed by atoms with Gasteiger partial charge in [-0.3, -0.25) is 14.2 Å². The maximum Gasteiger partial charge on any atom is 0.296 e. The maximum atomic E-state index is 12.7. The predicted octanol–water partition coefficient (Wildman–Crippen LogP) is 3.03. The number of imidazole rings is 1. The van der Waals surface area contributed by atoms with Gasteiger partial charge in [-0.15, -0.1) is 0 Å². The number of amides is 2. The van der Waals surface area contributed by atoms with Crippen LogP contribution in [0, 0.1) is 0 Å². The standard InChI is InChI=1S/C35H59N11O3/c1-7-8-17-38-33-42-30(36)29-31(43-33)46(34(49)41-29)25-26-13-15-27(16-14-26)32(48)39-24-28(47)37-18-11-22-44(5)20-9-10-21-45(6)23-12-19-40-35(2,3)4/h13-16,40H,7-12,17-25H2,1-6H3,(H,37,47)(H,39,48)(H,41,49)(H3,36,38,42,43). The van der Waals surface area contributed by atoms with Crippen LogP contribution in [0.1, 0.15) is 82.1 Å². The van der Waals surface area contributed by atoms with Crippen LogP contribution in [0.4, 0.5) is 11.8 Å². The summed E-state index contributed by atoms with van der Waals surface area (Å²) in [6.07, 6.45) is 6.30. The van der Waals surface area contributed by atoms with Gasteiger partial charge >= 0.3 is 0 Å². The zero-order valence-electron chi connectivity index (χ0n) is 30.4. The average Bonchev–Trinajstić information content (AvgIpc) is 3.37. The molecule has 0 bridgehead atoms. The molecule has 0 fully saturated rings. The highest BCUT2D eigenvalue weighted by molar-refractivity contribution is 5.96. The van der Waals surface area contributed by atoms with Gasteiger partial charge in [0, 0.05) is 24.2 Å². The number of rotatable bonds is 22. The first-order valence-electron chi connectivity index (χ1n) is 17.6. The minimum Gasteiger partial charge on any atom is -0.480 e. The van der Waals surface area contributed by atoms with E-state index < -0.39 is 0 Å². The van der Waals surface area contributed by atoms with Crippen molar-refractivity contribution in [3.8, 4) is 6.01 Å². The molecule has 14 heteroatoms. The van der Waals surface area contributed by atoms with Crippen molar-refractivity contribution < 1.29 is 14.7 Å². The minimum atomic E-state index is -0.340. The van der Waals surface area contributed by atoms with Crippen molar-refractivity contribution in [2.45, 2.75) is 78.3 Å². The van der Waals surface area contributed by atoms with Crippen LogP contribution < -0.4 is 27.0 Å². The molecule has 2 heterocycles. The van der Waals surface area contributed by atoms with Crippen LogP contribution in [0.2, 0.25) is 0 Å². The van der Waals surface area contributed by atoms with E-state index in [1.807, 2.05) is 0 Å². The Hall–Kier alpha value is -4.01. The summed E-state index contributed by atoms with van der Waals surface area (Å²) in [4.78, 5) is 42.6. The first kappa shape index (κ1) is 39.4. The molecule has 0 spiro atoms. The molecule has 0 saturated heterocycles. The average molecular weight is 682 g/mol. The van der Waals surface area contributed by atoms with E-state index in [0.29, 0.717) is 35.8 Å². The highest BCUT2D eigenvalue weighted by Gasteiger charge is 2.17. The summed E-state index contributed by atoms with van der Waals surface area (Å²) in [5.41, 5.74) is 8.24. The zero-order valence-corrected chi connectivity index (χ0v) is 30.4. The summed E-state index contributed by atoms with van der Waals surface area (Å²) < 4.78 is 1.55. The third kappa shape index (κ3) is 14.2. The van der Waals surface area contributed by atoms with E-state index in [1.165, 1.54) is 6.42 Å². The van der Waals surface area contributed by atoms with Crippen LogP contribution >= 0.6 is 0 Å². The van der Waals surface area contributed by atoms with Crippen molar-refractivity contribution in [1.29, 1.82) is 0 Å². The first-order valence-corrected chi connectivity index (χ1v) is 17.6. The van der Waals surface area contributed by atoms with Crippen molar-refractivity contribution in [2.24, 2.45) is 0 Å². The van der Waals surface area contributed by atoms with Gasteiger partial charge in [0.25, 0.3) is 11.9 Å². The Balaban J connectivity index is 1.32. The number of unbranched alkanes of at least 4 members (excludes halogenated alkanes) is 2. The maximum absolute atomic E-state index is 12.7. The zero-order chi connectivity index (χ0) is 35.8. The minimum absolute atomic E-state index is 0.0964. The Kier molecular flexibility index (Phi) is 16.0. The van der Waals surface area contributed by atoms with E-state index in [2.05, 4.69) is 87.8 Å². The number of nitrogens with one attached hydrogen (secondary N) is 4. The number of nitrogen functional groups attached to an aromatic ring is 1. The summed E-state index contributed by atoms with van der Waals surface area (Å²) in [5, 5.41) is 22.8. The largest absolute Gasteiger partial charge is 0.480 e. The molecule has 0 aliphatic carbocycles. The SMILES string of the molecule is CCCCNc1nc(N)c2nc(O)n(Cc3ccc(C(=O)NCC(=O)NCCCN(C)CCCCN(C)CCCNC(C)(C)C)cc3)c2n1. The van der Waals surface area contributed by atoms with E-state index in [1.54, 1.807) is 28.8 Å². The smallest absolute Gasteiger partial charge is 0.296 e. The summed E-state index contributed by atoms with van der Waals surface area (Å²) in [6.45, 7) is 15.3. The quantitative estimate of drug-likeness (QED) is 0.0859. The monoisotopic (exact) mass is 681 g/mol. The molecule has 7 N–H and O–H groups in total. The Labute approximate surface area is 291 Å². The molecule has 0 unspecified atom stereocenters. The molecule has 2 aromatic heterocycles. The number of nitrogens with two attached hydrogens (primary N) is 1. The van der Waals surface area contributed by atoms with Crippen LogP contribution in [0.5, 0.6) is 6.01 Å². The van der Waals surface area contributed by atoms with E-state index in [-0.39, 0.29) is 42.3 Å². The van der Waals surface area contributed by atoms with Crippen molar-refractivity contribution in [3.05, 3.63) is 35.4 Å². The summed E-state index contributed by atoms with van der Waals surface area (Å²) in [6, 6.07) is 6.70. The fraction of sp³-hybridized carbons (Fsp3) is 0.629. The molecule has 49 heavy (non-hydrogen) atoms. The molecule has 272 valence electrons. The molecule has 0 saturated carbocycles. The highest BCUT2D eigenvalue weighted by atomic mass is 16.3. The lowest BCUT2D eigenvalue weighted by molar-refractivity contribution is -0.120. The predicted molar refractivity (Wildman–Crippen MR) is 197 cm³/mol. The van der Waals surface area contributed by atoms with Crippen LogP contribution in [-0.2, 0) is 11.3 Å². The Morgan fingerprint density at radius 1 is 0.857 bits per heavy atom. The number of nitrogens with zero attached hydrogens (tertiary/aromatic N) is 6. The van der Waals surface area contributed by atoms with Gasteiger partial charge in [-0.25, -0.2) is 0 Å².